The third-order valence-corrected chi connectivity index (χ3v) is 4.97. The number of nitrogens with one attached hydrogen (secondary N) is 1. The molecule has 128 valence electrons. The SMILES string of the molecule is Cc1cc(CN2CCn3cc(C(=O)NC4CC4)nc3[C@@H]2C)n(C)n1. The minimum absolute atomic E-state index is 0.0413. The van der Waals surface area contributed by atoms with Gasteiger partial charge >= 0.3 is 0 Å². The van der Waals surface area contributed by atoms with Gasteiger partial charge in [0, 0.05) is 38.9 Å². The minimum atomic E-state index is -0.0413. The summed E-state index contributed by atoms with van der Waals surface area (Å²) in [5.41, 5.74) is 2.78. The van der Waals surface area contributed by atoms with Gasteiger partial charge in [0.05, 0.1) is 17.4 Å². The molecule has 2 aromatic rings. The first-order chi connectivity index (χ1) is 11.5. The van der Waals surface area contributed by atoms with Crippen LogP contribution in [0.2, 0.25) is 0 Å². The molecule has 0 saturated heterocycles. The number of rotatable bonds is 4. The third kappa shape index (κ3) is 2.84. The largest absolute Gasteiger partial charge is 0.348 e. The second-order valence-electron chi connectivity index (χ2n) is 6.97. The standard InChI is InChI=1S/C17H24N6O/c1-11-8-14(21(3)20-11)9-22-6-7-23-10-15(19-16(23)12(22)2)17(24)18-13-4-5-13/h8,10,12-13H,4-7,9H2,1-3H3,(H,18,24)/t12-/m0/s1. The lowest BCUT2D eigenvalue weighted by atomic mass is 10.2. The highest BCUT2D eigenvalue weighted by Crippen LogP contribution is 2.27. The van der Waals surface area contributed by atoms with Crippen molar-refractivity contribution in [1.82, 2.24) is 29.5 Å². The zero-order valence-electron chi connectivity index (χ0n) is 14.5. The molecule has 0 aromatic carbocycles. The molecule has 0 radical (unpaired) electrons. The van der Waals surface area contributed by atoms with Gasteiger partial charge < -0.3 is 9.88 Å². The molecule has 7 nitrogen and oxygen atoms in total. The summed E-state index contributed by atoms with van der Waals surface area (Å²) < 4.78 is 4.06. The Balaban J connectivity index is 1.51. The van der Waals surface area contributed by atoms with Gasteiger partial charge in [-0.1, -0.05) is 0 Å². The maximum absolute atomic E-state index is 12.2. The topological polar surface area (TPSA) is 68.0 Å². The molecule has 1 aliphatic heterocycles. The first-order valence-corrected chi connectivity index (χ1v) is 8.63. The number of imidazole rings is 1. The van der Waals surface area contributed by atoms with Crippen LogP contribution in [0.3, 0.4) is 0 Å². The molecule has 24 heavy (non-hydrogen) atoms. The van der Waals surface area contributed by atoms with Gasteiger partial charge in [-0.25, -0.2) is 4.98 Å². The van der Waals surface area contributed by atoms with Crippen LogP contribution in [0.25, 0.3) is 0 Å². The molecule has 2 aliphatic rings. The maximum Gasteiger partial charge on any atom is 0.271 e. The second kappa shape index (κ2) is 5.73. The fraction of sp³-hybridized carbons (Fsp3) is 0.588. The highest BCUT2D eigenvalue weighted by Gasteiger charge is 2.30. The van der Waals surface area contributed by atoms with Crippen LogP contribution in [0.5, 0.6) is 0 Å². The number of fused-ring (bicyclic) bond motifs is 1. The third-order valence-electron chi connectivity index (χ3n) is 4.97. The smallest absolute Gasteiger partial charge is 0.271 e. The van der Waals surface area contributed by atoms with E-state index >= 15 is 0 Å². The number of amides is 1. The number of carbonyl (C=O) groups is 1. The normalized spacial score (nSPS) is 20.9. The van der Waals surface area contributed by atoms with E-state index in [9.17, 15) is 4.79 Å². The van der Waals surface area contributed by atoms with E-state index in [2.05, 4.69) is 37.9 Å². The monoisotopic (exact) mass is 328 g/mol. The number of hydrogen-bond acceptors (Lipinski definition) is 4. The summed E-state index contributed by atoms with van der Waals surface area (Å²) in [5.74, 6) is 0.932. The molecule has 4 rings (SSSR count). The van der Waals surface area contributed by atoms with Crippen molar-refractivity contribution < 1.29 is 4.79 Å². The van der Waals surface area contributed by atoms with Crippen molar-refractivity contribution in [3.8, 4) is 0 Å². The van der Waals surface area contributed by atoms with Gasteiger partial charge in [0.1, 0.15) is 11.5 Å². The number of carbonyl (C=O) groups excluding carboxylic acids is 1. The first-order valence-electron chi connectivity index (χ1n) is 8.63. The summed E-state index contributed by atoms with van der Waals surface area (Å²) in [4.78, 5) is 19.2. The molecule has 0 unspecified atom stereocenters. The Morgan fingerprint density at radius 2 is 2.17 bits per heavy atom. The van der Waals surface area contributed by atoms with E-state index in [1.54, 1.807) is 0 Å². The Morgan fingerprint density at radius 3 is 2.83 bits per heavy atom. The highest BCUT2D eigenvalue weighted by molar-refractivity contribution is 5.92. The fourth-order valence-corrected chi connectivity index (χ4v) is 3.37. The Morgan fingerprint density at radius 1 is 1.38 bits per heavy atom. The average molecular weight is 328 g/mol. The lowest BCUT2D eigenvalue weighted by Crippen LogP contribution is -2.36. The summed E-state index contributed by atoms with van der Waals surface area (Å²) >= 11 is 0. The van der Waals surface area contributed by atoms with Crippen LogP contribution in [0, 0.1) is 6.92 Å². The van der Waals surface area contributed by atoms with Crippen LogP contribution >= 0.6 is 0 Å². The Hall–Kier alpha value is -2.15. The van der Waals surface area contributed by atoms with Crippen LogP contribution < -0.4 is 5.32 Å². The summed E-state index contributed by atoms with van der Waals surface area (Å²) in [7, 11) is 1.98. The molecule has 0 spiro atoms. The van der Waals surface area contributed by atoms with E-state index in [-0.39, 0.29) is 11.9 Å². The number of aryl methyl sites for hydroxylation is 2. The highest BCUT2D eigenvalue weighted by atomic mass is 16.2. The van der Waals surface area contributed by atoms with Crippen molar-refractivity contribution in [3.05, 3.63) is 35.2 Å². The van der Waals surface area contributed by atoms with Crippen molar-refractivity contribution in [2.75, 3.05) is 6.54 Å². The summed E-state index contributed by atoms with van der Waals surface area (Å²) in [5, 5.41) is 7.44. The van der Waals surface area contributed by atoms with E-state index in [4.69, 9.17) is 0 Å². The quantitative estimate of drug-likeness (QED) is 0.921. The van der Waals surface area contributed by atoms with Gasteiger partial charge in [-0.2, -0.15) is 5.10 Å². The van der Waals surface area contributed by atoms with Crippen molar-refractivity contribution in [2.24, 2.45) is 7.05 Å². The van der Waals surface area contributed by atoms with Gasteiger partial charge in [-0.3, -0.25) is 14.4 Å². The maximum atomic E-state index is 12.2. The minimum Gasteiger partial charge on any atom is -0.348 e. The molecular formula is C17H24N6O. The van der Waals surface area contributed by atoms with Gasteiger partial charge in [-0.15, -0.1) is 0 Å². The van der Waals surface area contributed by atoms with E-state index in [1.807, 2.05) is 24.9 Å². The Labute approximate surface area is 141 Å². The summed E-state index contributed by atoms with van der Waals surface area (Å²) in [6, 6.07) is 2.66. The van der Waals surface area contributed by atoms with Gasteiger partial charge in [-0.05, 0) is 32.8 Å². The fourth-order valence-electron chi connectivity index (χ4n) is 3.37. The molecule has 1 aliphatic carbocycles. The molecular weight excluding hydrogens is 304 g/mol. The van der Waals surface area contributed by atoms with Gasteiger partial charge in [0.25, 0.3) is 5.91 Å². The predicted molar refractivity (Wildman–Crippen MR) is 89.5 cm³/mol. The number of hydrogen-bond donors (Lipinski definition) is 1. The Kier molecular flexibility index (Phi) is 3.68. The summed E-state index contributed by atoms with van der Waals surface area (Å²) in [6.07, 6.45) is 4.08. The van der Waals surface area contributed by atoms with Crippen molar-refractivity contribution >= 4 is 5.91 Å². The van der Waals surface area contributed by atoms with Crippen LogP contribution in [-0.4, -0.2) is 42.7 Å². The van der Waals surface area contributed by atoms with Crippen molar-refractivity contribution in [2.45, 2.75) is 51.9 Å². The number of aromatic nitrogens is 4. The van der Waals surface area contributed by atoms with Crippen LogP contribution in [0.15, 0.2) is 12.3 Å². The molecule has 3 heterocycles. The lowest BCUT2D eigenvalue weighted by molar-refractivity contribution is 0.0946. The molecule has 1 N–H and O–H groups in total. The first kappa shape index (κ1) is 15.4. The average Bonchev–Trinajstić information content (AvgIpc) is 3.13. The zero-order valence-corrected chi connectivity index (χ0v) is 14.5. The van der Waals surface area contributed by atoms with Crippen molar-refractivity contribution in [1.29, 1.82) is 0 Å². The lowest BCUT2D eigenvalue weighted by Gasteiger charge is -2.33. The second-order valence-corrected chi connectivity index (χ2v) is 6.97. The molecule has 7 heteroatoms. The molecule has 1 atom stereocenters. The van der Waals surface area contributed by atoms with E-state index in [1.165, 1.54) is 5.69 Å². The van der Waals surface area contributed by atoms with Gasteiger partial charge in [0.2, 0.25) is 0 Å². The Bertz CT molecular complexity index is 772. The van der Waals surface area contributed by atoms with Crippen molar-refractivity contribution in [3.63, 3.8) is 0 Å². The summed E-state index contributed by atoms with van der Waals surface area (Å²) in [6.45, 7) is 6.82. The van der Waals surface area contributed by atoms with Crippen LogP contribution in [0.1, 0.15) is 53.5 Å². The van der Waals surface area contributed by atoms with E-state index in [0.717, 1.165) is 44.0 Å². The molecule has 2 aromatic heterocycles. The predicted octanol–water partition coefficient (Wildman–Crippen LogP) is 1.39. The molecule has 1 amide bonds. The van der Waals surface area contributed by atoms with E-state index < -0.39 is 0 Å². The van der Waals surface area contributed by atoms with Crippen LogP contribution in [0.4, 0.5) is 0 Å². The van der Waals surface area contributed by atoms with Gasteiger partial charge in [0.15, 0.2) is 0 Å². The number of nitrogens with zero attached hydrogens (tertiary/aromatic N) is 5. The molecule has 1 saturated carbocycles. The molecule has 1 fully saturated rings. The van der Waals surface area contributed by atoms with Crippen LogP contribution in [-0.2, 0) is 20.1 Å². The van der Waals surface area contributed by atoms with E-state index in [0.29, 0.717) is 11.7 Å². The molecule has 0 bridgehead atoms. The zero-order chi connectivity index (χ0) is 16.8.